The number of amides is 1. The van der Waals surface area contributed by atoms with Crippen molar-refractivity contribution in [2.75, 3.05) is 25.5 Å². The van der Waals surface area contributed by atoms with E-state index in [1.165, 1.54) is 11.2 Å². The first kappa shape index (κ1) is 24.7. The number of rotatable bonds is 7. The van der Waals surface area contributed by atoms with Crippen LogP contribution in [0.25, 0.3) is 0 Å². The molecular formula is C24H30N2O6S. The number of aryl methyl sites for hydroxylation is 2. The normalized spacial score (nSPS) is 16.1. The molecule has 0 spiro atoms. The number of benzene rings is 2. The zero-order chi connectivity index (χ0) is 24.2. The van der Waals surface area contributed by atoms with Gasteiger partial charge in [0.1, 0.15) is 5.75 Å². The Labute approximate surface area is 194 Å². The molecule has 1 N–H and O–H groups in total. The Morgan fingerprint density at radius 1 is 1.03 bits per heavy atom. The highest BCUT2D eigenvalue weighted by atomic mass is 32.2. The summed E-state index contributed by atoms with van der Waals surface area (Å²) in [5.74, 6) is -0.718. The molecule has 0 aromatic heterocycles. The van der Waals surface area contributed by atoms with Gasteiger partial charge in [-0.2, -0.15) is 4.31 Å². The summed E-state index contributed by atoms with van der Waals surface area (Å²) in [6.45, 7) is 5.77. The molecule has 2 aromatic carbocycles. The van der Waals surface area contributed by atoms with Crippen LogP contribution in [0, 0.1) is 19.8 Å². The van der Waals surface area contributed by atoms with Crippen molar-refractivity contribution < 1.29 is 27.5 Å². The van der Waals surface area contributed by atoms with Crippen LogP contribution in [0.3, 0.4) is 0 Å². The molecule has 33 heavy (non-hydrogen) atoms. The lowest BCUT2D eigenvalue weighted by molar-refractivity contribution is -0.158. The molecule has 0 bridgehead atoms. The molecule has 178 valence electrons. The summed E-state index contributed by atoms with van der Waals surface area (Å²) < 4.78 is 37.8. The highest BCUT2D eigenvalue weighted by Crippen LogP contribution is 2.26. The third-order valence-electron chi connectivity index (χ3n) is 5.92. The second-order valence-electron chi connectivity index (χ2n) is 8.22. The van der Waals surface area contributed by atoms with E-state index in [4.69, 9.17) is 9.47 Å². The molecule has 9 heteroatoms. The molecule has 1 amide bonds. The highest BCUT2D eigenvalue weighted by molar-refractivity contribution is 7.89. The molecule has 8 nitrogen and oxygen atoms in total. The van der Waals surface area contributed by atoms with Crippen LogP contribution in [0.4, 0.5) is 5.69 Å². The van der Waals surface area contributed by atoms with Gasteiger partial charge in [0.15, 0.2) is 6.10 Å². The van der Waals surface area contributed by atoms with Crippen LogP contribution in [0.15, 0.2) is 47.4 Å². The Bertz CT molecular complexity index is 1110. The zero-order valence-electron chi connectivity index (χ0n) is 19.3. The maximum atomic E-state index is 13.0. The number of nitrogens with zero attached hydrogens (tertiary/aromatic N) is 1. The number of nitrogens with one attached hydrogen (secondary N) is 1. The first-order valence-electron chi connectivity index (χ1n) is 10.8. The monoisotopic (exact) mass is 474 g/mol. The summed E-state index contributed by atoms with van der Waals surface area (Å²) in [5.41, 5.74) is 2.51. The SMILES string of the molecule is COc1ccc(NC(=O)C(C)OC(=O)C2CCN(S(=O)(=O)c3ccc(C)c(C)c3)CC2)cc1. The van der Waals surface area contributed by atoms with E-state index in [0.29, 0.717) is 24.3 Å². The van der Waals surface area contributed by atoms with Crippen molar-refractivity contribution in [3.05, 3.63) is 53.6 Å². The fourth-order valence-electron chi connectivity index (χ4n) is 3.60. The van der Waals surface area contributed by atoms with Crippen LogP contribution in [0.2, 0.25) is 0 Å². The van der Waals surface area contributed by atoms with Crippen LogP contribution in [0.1, 0.15) is 30.9 Å². The minimum atomic E-state index is -3.62. The largest absolute Gasteiger partial charge is 0.497 e. The number of sulfonamides is 1. The zero-order valence-corrected chi connectivity index (χ0v) is 20.1. The number of hydrogen-bond donors (Lipinski definition) is 1. The maximum Gasteiger partial charge on any atom is 0.309 e. The van der Waals surface area contributed by atoms with Gasteiger partial charge >= 0.3 is 5.97 Å². The van der Waals surface area contributed by atoms with Crippen LogP contribution in [-0.2, 0) is 24.3 Å². The van der Waals surface area contributed by atoms with Gasteiger partial charge in [-0.05, 0) is 81.1 Å². The van der Waals surface area contributed by atoms with Crippen LogP contribution in [-0.4, -0.2) is 50.9 Å². The maximum absolute atomic E-state index is 13.0. The smallest absolute Gasteiger partial charge is 0.309 e. The predicted molar refractivity (Wildman–Crippen MR) is 125 cm³/mol. The molecule has 1 saturated heterocycles. The van der Waals surface area contributed by atoms with Crippen LogP contribution >= 0.6 is 0 Å². The van der Waals surface area contributed by atoms with Crippen molar-refractivity contribution in [2.24, 2.45) is 5.92 Å². The summed E-state index contributed by atoms with van der Waals surface area (Å²) in [7, 11) is -2.06. The van der Waals surface area contributed by atoms with Gasteiger partial charge in [0.25, 0.3) is 5.91 Å². The van der Waals surface area contributed by atoms with E-state index >= 15 is 0 Å². The standard InChI is InChI=1S/C24H30N2O6S/c1-16-5-10-22(15-17(16)2)33(29,30)26-13-11-19(12-14-26)24(28)32-18(3)23(27)25-20-6-8-21(31-4)9-7-20/h5-10,15,18-19H,11-14H2,1-4H3,(H,25,27). The summed E-state index contributed by atoms with van der Waals surface area (Å²) in [5, 5.41) is 2.70. The molecule has 1 aliphatic heterocycles. The van der Waals surface area contributed by atoms with Crippen molar-refractivity contribution >= 4 is 27.6 Å². The Balaban J connectivity index is 1.52. The van der Waals surface area contributed by atoms with E-state index < -0.39 is 33.9 Å². The average Bonchev–Trinajstić information content (AvgIpc) is 2.81. The number of esters is 1. The van der Waals surface area contributed by atoms with Gasteiger partial charge in [-0.25, -0.2) is 8.42 Å². The lowest BCUT2D eigenvalue weighted by Crippen LogP contribution is -2.41. The van der Waals surface area contributed by atoms with Crippen molar-refractivity contribution in [2.45, 2.75) is 44.6 Å². The fraction of sp³-hybridized carbons (Fsp3) is 0.417. The highest BCUT2D eigenvalue weighted by Gasteiger charge is 2.34. The first-order chi connectivity index (χ1) is 15.6. The quantitative estimate of drug-likeness (QED) is 0.618. The number of piperidine rings is 1. The second-order valence-corrected chi connectivity index (χ2v) is 10.2. The van der Waals surface area contributed by atoms with Crippen molar-refractivity contribution in [3.63, 3.8) is 0 Å². The summed E-state index contributed by atoms with van der Waals surface area (Å²) >= 11 is 0. The Morgan fingerprint density at radius 2 is 1.67 bits per heavy atom. The van der Waals surface area contributed by atoms with Crippen molar-refractivity contribution in [1.29, 1.82) is 0 Å². The summed E-state index contributed by atoms with van der Waals surface area (Å²) in [6, 6.07) is 11.9. The van der Waals surface area contributed by atoms with Gasteiger partial charge in [0.05, 0.1) is 17.9 Å². The Kier molecular flexibility index (Phi) is 7.76. The first-order valence-corrected chi connectivity index (χ1v) is 12.3. The molecule has 1 atom stereocenters. The van der Waals surface area contributed by atoms with Gasteiger partial charge in [0, 0.05) is 18.8 Å². The third-order valence-corrected chi connectivity index (χ3v) is 7.82. The van der Waals surface area contributed by atoms with Gasteiger partial charge in [-0.1, -0.05) is 6.07 Å². The fourth-order valence-corrected chi connectivity index (χ4v) is 5.15. The lowest BCUT2D eigenvalue weighted by Gasteiger charge is -2.30. The lowest BCUT2D eigenvalue weighted by atomic mass is 9.98. The summed E-state index contributed by atoms with van der Waals surface area (Å²) in [6.07, 6.45) is -0.289. The van der Waals surface area contributed by atoms with E-state index in [1.807, 2.05) is 13.8 Å². The topological polar surface area (TPSA) is 102 Å². The van der Waals surface area contributed by atoms with E-state index in [9.17, 15) is 18.0 Å². The van der Waals surface area contributed by atoms with Gasteiger partial charge in [-0.3, -0.25) is 9.59 Å². The molecule has 1 unspecified atom stereocenters. The van der Waals surface area contributed by atoms with E-state index in [-0.39, 0.29) is 18.0 Å². The van der Waals surface area contributed by atoms with Crippen molar-refractivity contribution in [1.82, 2.24) is 4.31 Å². The molecule has 0 saturated carbocycles. The van der Waals surface area contributed by atoms with E-state index in [2.05, 4.69) is 5.32 Å². The third kappa shape index (κ3) is 5.91. The molecule has 1 heterocycles. The number of methoxy groups -OCH3 is 1. The van der Waals surface area contributed by atoms with E-state index in [0.717, 1.165) is 11.1 Å². The number of ether oxygens (including phenoxy) is 2. The molecular weight excluding hydrogens is 444 g/mol. The van der Waals surface area contributed by atoms with Gasteiger partial charge in [0.2, 0.25) is 10.0 Å². The predicted octanol–water partition coefficient (Wildman–Crippen LogP) is 3.28. The number of carbonyl (C=O) groups is 2. The molecule has 1 aliphatic rings. The molecule has 0 aliphatic carbocycles. The van der Waals surface area contributed by atoms with Gasteiger partial charge in [-0.15, -0.1) is 0 Å². The number of hydrogen-bond acceptors (Lipinski definition) is 6. The Hall–Kier alpha value is -2.91. The minimum absolute atomic E-state index is 0.224. The second kappa shape index (κ2) is 10.4. The van der Waals surface area contributed by atoms with Crippen LogP contribution in [0.5, 0.6) is 5.75 Å². The van der Waals surface area contributed by atoms with Gasteiger partial charge < -0.3 is 14.8 Å². The number of carbonyl (C=O) groups excluding carboxylic acids is 2. The number of anilines is 1. The average molecular weight is 475 g/mol. The van der Waals surface area contributed by atoms with Crippen LogP contribution < -0.4 is 10.1 Å². The molecule has 2 aromatic rings. The minimum Gasteiger partial charge on any atom is -0.497 e. The molecule has 3 rings (SSSR count). The molecule has 1 fully saturated rings. The van der Waals surface area contributed by atoms with E-state index in [1.54, 1.807) is 49.6 Å². The molecule has 0 radical (unpaired) electrons. The Morgan fingerprint density at radius 3 is 2.24 bits per heavy atom. The summed E-state index contributed by atoms with van der Waals surface area (Å²) in [4.78, 5) is 25.2. The van der Waals surface area contributed by atoms with Crippen molar-refractivity contribution in [3.8, 4) is 5.75 Å².